The molecule has 16 heavy (non-hydrogen) atoms. The van der Waals surface area contributed by atoms with Crippen LogP contribution in [-0.4, -0.2) is 29.2 Å². The summed E-state index contributed by atoms with van der Waals surface area (Å²) in [4.78, 5) is 11.4. The van der Waals surface area contributed by atoms with Crippen LogP contribution in [0.2, 0.25) is 0 Å². The summed E-state index contributed by atoms with van der Waals surface area (Å²) in [6, 6.07) is 3.24. The maximum Gasteiger partial charge on any atom is 0.488 e. The first-order valence-electron chi connectivity index (χ1n) is 4.78. The predicted molar refractivity (Wildman–Crippen MR) is 56.8 cm³/mol. The highest BCUT2D eigenvalue weighted by molar-refractivity contribution is 6.58. The number of benzene rings is 1. The molecule has 0 aromatic heterocycles. The number of esters is 1. The lowest BCUT2D eigenvalue weighted by Crippen LogP contribution is -2.31. The second-order valence-corrected chi connectivity index (χ2v) is 3.57. The normalized spacial score (nSPS) is 10.4. The van der Waals surface area contributed by atoms with Gasteiger partial charge in [-0.15, -0.1) is 0 Å². The van der Waals surface area contributed by atoms with Crippen LogP contribution >= 0.6 is 0 Å². The molecule has 0 aliphatic rings. The van der Waals surface area contributed by atoms with Gasteiger partial charge in [0.2, 0.25) is 0 Å². The van der Waals surface area contributed by atoms with Gasteiger partial charge < -0.3 is 14.8 Å². The molecule has 0 unspecified atom stereocenters. The monoisotopic (exact) mass is 226 g/mol. The molecule has 0 radical (unpaired) electrons. The van der Waals surface area contributed by atoms with E-state index in [0.29, 0.717) is 0 Å². The van der Waals surface area contributed by atoms with Crippen LogP contribution in [0.5, 0.6) is 0 Å². The molecule has 0 bridgehead atoms. The maximum atomic E-state index is 13.3. The van der Waals surface area contributed by atoms with Crippen LogP contribution in [0.15, 0.2) is 18.2 Å². The van der Waals surface area contributed by atoms with Gasteiger partial charge in [-0.3, -0.25) is 0 Å². The van der Waals surface area contributed by atoms with Crippen LogP contribution in [0, 0.1) is 5.82 Å². The quantitative estimate of drug-likeness (QED) is 0.565. The first kappa shape index (κ1) is 12.7. The number of carbonyl (C=O) groups excluding carboxylic acids is 1. The van der Waals surface area contributed by atoms with Crippen LogP contribution < -0.4 is 5.46 Å². The van der Waals surface area contributed by atoms with Crippen molar-refractivity contribution in [3.63, 3.8) is 0 Å². The first-order chi connectivity index (χ1) is 7.41. The molecule has 0 amide bonds. The summed E-state index contributed by atoms with van der Waals surface area (Å²) in [5.74, 6) is -1.58. The number of carbonyl (C=O) groups is 1. The first-order valence-corrected chi connectivity index (χ1v) is 4.78. The summed E-state index contributed by atoms with van der Waals surface area (Å²) < 4.78 is 18.1. The Morgan fingerprint density at radius 3 is 2.56 bits per heavy atom. The van der Waals surface area contributed by atoms with E-state index < -0.39 is 18.9 Å². The largest absolute Gasteiger partial charge is 0.488 e. The average Bonchev–Trinajstić information content (AvgIpc) is 2.16. The van der Waals surface area contributed by atoms with Crippen molar-refractivity contribution in [1.29, 1.82) is 0 Å². The molecule has 86 valence electrons. The number of hydrogen-bond acceptors (Lipinski definition) is 4. The minimum atomic E-state index is -1.74. The average molecular weight is 226 g/mol. The third-order valence-electron chi connectivity index (χ3n) is 1.85. The Balaban J connectivity index is 3.02. The van der Waals surface area contributed by atoms with Gasteiger partial charge in [0.15, 0.2) is 0 Å². The van der Waals surface area contributed by atoms with Gasteiger partial charge in [0, 0.05) is 0 Å². The fraction of sp³-hybridized carbons (Fsp3) is 0.300. The van der Waals surface area contributed by atoms with E-state index in [4.69, 9.17) is 14.8 Å². The zero-order valence-electron chi connectivity index (χ0n) is 8.98. The van der Waals surface area contributed by atoms with Crippen LogP contribution in [0.3, 0.4) is 0 Å². The van der Waals surface area contributed by atoms with Crippen LogP contribution in [0.1, 0.15) is 24.2 Å². The summed E-state index contributed by atoms with van der Waals surface area (Å²) in [7, 11) is -1.74. The molecule has 0 atom stereocenters. The van der Waals surface area contributed by atoms with E-state index in [1.807, 2.05) is 0 Å². The predicted octanol–water partition coefficient (Wildman–Crippen LogP) is 0.0707. The summed E-state index contributed by atoms with van der Waals surface area (Å²) in [6.07, 6.45) is -0.366. The van der Waals surface area contributed by atoms with E-state index in [2.05, 4.69) is 0 Å². The Morgan fingerprint density at radius 1 is 1.44 bits per heavy atom. The van der Waals surface area contributed by atoms with Gasteiger partial charge in [-0.25, -0.2) is 9.18 Å². The Bertz CT molecular complexity index is 392. The Morgan fingerprint density at radius 2 is 2.06 bits per heavy atom. The van der Waals surface area contributed by atoms with Crippen molar-refractivity contribution in [2.75, 3.05) is 0 Å². The Hall–Kier alpha value is -1.40. The molecule has 1 aromatic rings. The van der Waals surface area contributed by atoms with Crippen molar-refractivity contribution in [3.8, 4) is 0 Å². The van der Waals surface area contributed by atoms with Crippen LogP contribution in [0.4, 0.5) is 4.39 Å². The van der Waals surface area contributed by atoms with Gasteiger partial charge in [-0.05, 0) is 31.4 Å². The number of rotatable bonds is 3. The van der Waals surface area contributed by atoms with Gasteiger partial charge in [-0.2, -0.15) is 0 Å². The lowest BCUT2D eigenvalue weighted by atomic mass is 9.79. The van der Waals surface area contributed by atoms with Gasteiger partial charge in [-0.1, -0.05) is 6.07 Å². The van der Waals surface area contributed by atoms with Crippen molar-refractivity contribution in [2.45, 2.75) is 20.0 Å². The molecule has 0 aliphatic carbocycles. The summed E-state index contributed by atoms with van der Waals surface area (Å²) in [6.45, 7) is 3.28. The highest BCUT2D eigenvalue weighted by Gasteiger charge is 2.19. The number of ether oxygens (including phenoxy) is 1. The summed E-state index contributed by atoms with van der Waals surface area (Å²) in [5.41, 5.74) is -0.267. The molecule has 0 saturated heterocycles. The molecule has 2 N–H and O–H groups in total. The van der Waals surface area contributed by atoms with Crippen molar-refractivity contribution in [3.05, 3.63) is 29.6 Å². The zero-order valence-corrected chi connectivity index (χ0v) is 8.98. The highest BCUT2D eigenvalue weighted by Crippen LogP contribution is 2.08. The van der Waals surface area contributed by atoms with Gasteiger partial charge in [0.1, 0.15) is 5.82 Å². The van der Waals surface area contributed by atoms with Gasteiger partial charge in [0.25, 0.3) is 0 Å². The SMILES string of the molecule is CC(C)OC(=O)c1cc(B(O)O)ccc1F. The van der Waals surface area contributed by atoms with Crippen molar-refractivity contribution >= 4 is 18.6 Å². The van der Waals surface area contributed by atoms with E-state index in [-0.39, 0.29) is 17.1 Å². The third-order valence-corrected chi connectivity index (χ3v) is 1.85. The molecule has 1 aromatic carbocycles. The van der Waals surface area contributed by atoms with Crippen molar-refractivity contribution in [1.82, 2.24) is 0 Å². The van der Waals surface area contributed by atoms with E-state index >= 15 is 0 Å². The van der Waals surface area contributed by atoms with Gasteiger partial charge in [0.05, 0.1) is 11.7 Å². The highest BCUT2D eigenvalue weighted by atomic mass is 19.1. The van der Waals surface area contributed by atoms with E-state index in [9.17, 15) is 9.18 Å². The van der Waals surface area contributed by atoms with Crippen molar-refractivity contribution in [2.24, 2.45) is 0 Å². The molecule has 1 rings (SSSR count). The van der Waals surface area contributed by atoms with E-state index in [0.717, 1.165) is 12.1 Å². The molecule has 0 aliphatic heterocycles. The second kappa shape index (κ2) is 5.09. The molecule has 0 fully saturated rings. The fourth-order valence-electron chi connectivity index (χ4n) is 1.14. The molecule has 0 heterocycles. The lowest BCUT2D eigenvalue weighted by molar-refractivity contribution is 0.0373. The Kier molecular flexibility index (Phi) is 4.03. The number of hydrogen-bond donors (Lipinski definition) is 2. The van der Waals surface area contributed by atoms with Gasteiger partial charge >= 0.3 is 13.1 Å². The summed E-state index contributed by atoms with van der Waals surface area (Å²) >= 11 is 0. The van der Waals surface area contributed by atoms with Crippen LogP contribution in [0.25, 0.3) is 0 Å². The van der Waals surface area contributed by atoms with E-state index in [1.165, 1.54) is 6.07 Å². The zero-order chi connectivity index (χ0) is 12.3. The molecule has 6 heteroatoms. The van der Waals surface area contributed by atoms with E-state index in [1.54, 1.807) is 13.8 Å². The summed E-state index contributed by atoms with van der Waals surface area (Å²) in [5, 5.41) is 17.8. The molecule has 0 spiro atoms. The lowest BCUT2D eigenvalue weighted by Gasteiger charge is -2.09. The van der Waals surface area contributed by atoms with Crippen molar-refractivity contribution < 1.29 is 24.0 Å². The van der Waals surface area contributed by atoms with Crippen LogP contribution in [-0.2, 0) is 4.74 Å². The second-order valence-electron chi connectivity index (χ2n) is 3.57. The Labute approximate surface area is 92.8 Å². The standard InChI is InChI=1S/C10H12BFO4/c1-6(2)16-10(13)8-5-7(11(14)15)3-4-9(8)12/h3-6,14-15H,1-2H3. The molecule has 4 nitrogen and oxygen atoms in total. The third kappa shape index (κ3) is 3.05. The fourth-order valence-corrected chi connectivity index (χ4v) is 1.14. The maximum absolute atomic E-state index is 13.3. The number of halogens is 1. The molecular weight excluding hydrogens is 214 g/mol. The minimum Gasteiger partial charge on any atom is -0.459 e. The minimum absolute atomic E-state index is 0.0390. The topological polar surface area (TPSA) is 66.8 Å². The smallest absolute Gasteiger partial charge is 0.459 e. The molecular formula is C10H12BFO4. The molecule has 0 saturated carbocycles.